The molecule has 106 valence electrons. The molecule has 0 fully saturated rings. The van der Waals surface area contributed by atoms with E-state index in [4.69, 9.17) is 10.00 Å². The van der Waals surface area contributed by atoms with Gasteiger partial charge in [0, 0.05) is 24.5 Å². The lowest BCUT2D eigenvalue weighted by Gasteiger charge is -2.07. The summed E-state index contributed by atoms with van der Waals surface area (Å²) in [6, 6.07) is 9.80. The van der Waals surface area contributed by atoms with E-state index < -0.39 is 4.92 Å². The number of aryl methyl sites for hydroxylation is 1. The number of hydrogen-bond acceptors (Lipinski definition) is 5. The molecule has 0 aliphatic heterocycles. The zero-order valence-electron chi connectivity index (χ0n) is 11.2. The molecule has 2 aromatic rings. The number of pyridine rings is 1. The molecule has 0 aliphatic rings. The smallest absolute Gasteiger partial charge is 0.271 e. The average molecular weight is 283 g/mol. The lowest BCUT2D eigenvalue weighted by Crippen LogP contribution is -2.01. The Balaban J connectivity index is 1.91. The molecule has 0 atom stereocenters. The highest BCUT2D eigenvalue weighted by Crippen LogP contribution is 2.23. The topological polar surface area (TPSA) is 89.0 Å². The molecule has 21 heavy (non-hydrogen) atoms. The number of nitriles is 1. The van der Waals surface area contributed by atoms with Crippen molar-refractivity contribution in [2.24, 2.45) is 0 Å². The molecule has 0 saturated heterocycles. The van der Waals surface area contributed by atoms with Crippen LogP contribution in [-0.4, -0.2) is 16.5 Å². The van der Waals surface area contributed by atoms with Crippen molar-refractivity contribution >= 4 is 5.69 Å². The number of ether oxygens (including phenoxy) is 1. The van der Waals surface area contributed by atoms with Crippen LogP contribution in [0.2, 0.25) is 0 Å². The van der Waals surface area contributed by atoms with E-state index in [1.165, 1.54) is 18.2 Å². The molecule has 1 aromatic heterocycles. The third-order valence-corrected chi connectivity index (χ3v) is 2.91. The van der Waals surface area contributed by atoms with Crippen molar-refractivity contribution in [3.05, 3.63) is 64.0 Å². The molecule has 0 aliphatic carbocycles. The van der Waals surface area contributed by atoms with E-state index in [9.17, 15) is 10.1 Å². The van der Waals surface area contributed by atoms with Gasteiger partial charge in [-0.3, -0.25) is 15.1 Å². The Morgan fingerprint density at radius 3 is 2.71 bits per heavy atom. The Hall–Kier alpha value is -2.94. The zero-order chi connectivity index (χ0) is 15.1. The summed E-state index contributed by atoms with van der Waals surface area (Å²) in [4.78, 5) is 14.1. The molecule has 0 unspecified atom stereocenters. The summed E-state index contributed by atoms with van der Waals surface area (Å²) in [5, 5.41) is 19.6. The number of nitro groups is 1. The van der Waals surface area contributed by atoms with E-state index in [-0.39, 0.29) is 11.3 Å². The predicted octanol–water partition coefficient (Wildman–Crippen LogP) is 2.87. The second-order valence-electron chi connectivity index (χ2n) is 4.36. The quantitative estimate of drug-likeness (QED) is 0.462. The Morgan fingerprint density at radius 1 is 1.29 bits per heavy atom. The second-order valence-corrected chi connectivity index (χ2v) is 4.36. The van der Waals surface area contributed by atoms with Crippen LogP contribution in [-0.2, 0) is 6.42 Å². The van der Waals surface area contributed by atoms with E-state index in [0.717, 1.165) is 18.4 Å². The summed E-state index contributed by atoms with van der Waals surface area (Å²) < 4.78 is 5.52. The van der Waals surface area contributed by atoms with Gasteiger partial charge in [-0.2, -0.15) is 5.26 Å². The number of nitrogens with zero attached hydrogens (tertiary/aromatic N) is 3. The van der Waals surface area contributed by atoms with E-state index in [2.05, 4.69) is 4.98 Å². The van der Waals surface area contributed by atoms with Crippen LogP contribution in [0, 0.1) is 21.4 Å². The van der Waals surface area contributed by atoms with Crippen LogP contribution in [0.3, 0.4) is 0 Å². The first-order valence-electron chi connectivity index (χ1n) is 6.41. The third-order valence-electron chi connectivity index (χ3n) is 2.91. The van der Waals surface area contributed by atoms with Crippen molar-refractivity contribution in [3.63, 3.8) is 0 Å². The molecule has 0 N–H and O–H groups in total. The van der Waals surface area contributed by atoms with Gasteiger partial charge in [0.15, 0.2) is 0 Å². The van der Waals surface area contributed by atoms with Crippen LogP contribution in [0.25, 0.3) is 0 Å². The maximum absolute atomic E-state index is 10.6. The molecule has 0 amide bonds. The van der Waals surface area contributed by atoms with Gasteiger partial charge in [0.05, 0.1) is 11.5 Å². The fourth-order valence-electron chi connectivity index (χ4n) is 1.85. The number of rotatable bonds is 6. The monoisotopic (exact) mass is 283 g/mol. The van der Waals surface area contributed by atoms with Gasteiger partial charge in [-0.05, 0) is 36.6 Å². The Labute approximate surface area is 121 Å². The van der Waals surface area contributed by atoms with Gasteiger partial charge in [0.25, 0.3) is 5.69 Å². The number of benzene rings is 1. The molecule has 0 spiro atoms. The summed E-state index contributed by atoms with van der Waals surface area (Å²) in [7, 11) is 0. The fraction of sp³-hybridized carbons (Fsp3) is 0.200. The minimum Gasteiger partial charge on any atom is -0.492 e. The van der Waals surface area contributed by atoms with Crippen LogP contribution in [0.15, 0.2) is 42.7 Å². The van der Waals surface area contributed by atoms with Crippen LogP contribution in [0.5, 0.6) is 5.75 Å². The average Bonchev–Trinajstić information content (AvgIpc) is 2.52. The van der Waals surface area contributed by atoms with Crippen LogP contribution in [0.4, 0.5) is 5.69 Å². The Kier molecular flexibility index (Phi) is 4.83. The normalized spacial score (nSPS) is 9.86. The Morgan fingerprint density at radius 2 is 2.05 bits per heavy atom. The highest BCUT2D eigenvalue weighted by molar-refractivity contribution is 5.50. The number of non-ortho nitro benzene ring substituents is 1. The van der Waals surface area contributed by atoms with Crippen LogP contribution < -0.4 is 4.74 Å². The zero-order valence-corrected chi connectivity index (χ0v) is 11.2. The van der Waals surface area contributed by atoms with Crippen molar-refractivity contribution in [2.45, 2.75) is 12.8 Å². The van der Waals surface area contributed by atoms with E-state index in [1.54, 1.807) is 12.4 Å². The minimum absolute atomic E-state index is 0.115. The first-order chi connectivity index (χ1) is 10.2. The van der Waals surface area contributed by atoms with Gasteiger partial charge in [-0.15, -0.1) is 0 Å². The minimum atomic E-state index is -0.534. The molecular formula is C15H13N3O3. The van der Waals surface area contributed by atoms with E-state index in [0.29, 0.717) is 12.4 Å². The van der Waals surface area contributed by atoms with E-state index >= 15 is 0 Å². The highest BCUT2D eigenvalue weighted by atomic mass is 16.6. The SMILES string of the molecule is N#Cc1cc([N+](=O)[O-])ccc1OCCCc1ccncc1. The lowest BCUT2D eigenvalue weighted by atomic mass is 10.1. The van der Waals surface area contributed by atoms with E-state index in [1.807, 2.05) is 18.2 Å². The van der Waals surface area contributed by atoms with Gasteiger partial charge < -0.3 is 4.74 Å². The summed E-state index contributed by atoms with van der Waals surface area (Å²) in [6.45, 7) is 0.439. The molecule has 2 rings (SSSR count). The molecule has 0 saturated carbocycles. The summed E-state index contributed by atoms with van der Waals surface area (Å²) in [5.74, 6) is 0.373. The molecule has 1 heterocycles. The molecule has 6 nitrogen and oxygen atoms in total. The predicted molar refractivity (Wildman–Crippen MR) is 75.9 cm³/mol. The maximum atomic E-state index is 10.6. The number of aromatic nitrogens is 1. The maximum Gasteiger partial charge on any atom is 0.271 e. The van der Waals surface area contributed by atoms with Gasteiger partial charge >= 0.3 is 0 Å². The van der Waals surface area contributed by atoms with Gasteiger partial charge in [-0.25, -0.2) is 0 Å². The van der Waals surface area contributed by atoms with Crippen molar-refractivity contribution in [1.29, 1.82) is 5.26 Å². The lowest BCUT2D eigenvalue weighted by molar-refractivity contribution is -0.384. The van der Waals surface area contributed by atoms with Crippen LogP contribution >= 0.6 is 0 Å². The molecule has 0 radical (unpaired) electrons. The molecular weight excluding hydrogens is 270 g/mol. The van der Waals surface area contributed by atoms with Crippen molar-refractivity contribution < 1.29 is 9.66 Å². The third kappa shape index (κ3) is 4.01. The summed E-state index contributed by atoms with van der Waals surface area (Å²) >= 11 is 0. The summed E-state index contributed by atoms with van der Waals surface area (Å²) in [6.07, 6.45) is 5.10. The van der Waals surface area contributed by atoms with Gasteiger partial charge in [0.1, 0.15) is 17.4 Å². The van der Waals surface area contributed by atoms with Gasteiger partial charge in [0.2, 0.25) is 0 Å². The number of hydrogen-bond donors (Lipinski definition) is 0. The molecule has 1 aromatic carbocycles. The molecule has 0 bridgehead atoms. The first-order valence-corrected chi connectivity index (χ1v) is 6.41. The van der Waals surface area contributed by atoms with Crippen molar-refractivity contribution in [2.75, 3.05) is 6.61 Å². The second kappa shape index (κ2) is 7.01. The first kappa shape index (κ1) is 14.5. The number of nitro benzene ring substituents is 1. The fourth-order valence-corrected chi connectivity index (χ4v) is 1.85. The largest absolute Gasteiger partial charge is 0.492 e. The van der Waals surface area contributed by atoms with Crippen LogP contribution in [0.1, 0.15) is 17.5 Å². The Bertz CT molecular complexity index is 666. The summed E-state index contributed by atoms with van der Waals surface area (Å²) in [5.41, 5.74) is 1.22. The standard InChI is InChI=1S/C15H13N3O3/c16-11-13-10-14(18(19)20)3-4-15(13)21-9-1-2-12-5-7-17-8-6-12/h3-8,10H,1-2,9H2. The molecule has 6 heteroatoms. The van der Waals surface area contributed by atoms with Gasteiger partial charge in [-0.1, -0.05) is 0 Å². The highest BCUT2D eigenvalue weighted by Gasteiger charge is 2.11. The van der Waals surface area contributed by atoms with Crippen molar-refractivity contribution in [1.82, 2.24) is 4.98 Å². The van der Waals surface area contributed by atoms with Crippen molar-refractivity contribution in [3.8, 4) is 11.8 Å².